The SMILES string of the molecule is Cc1c(-c2cc3cc(NC(=O)O)ncc3c(N)c2F)cnc2c1NCCC2O. The molecule has 4 rings (SSSR count). The molecule has 3 aromatic rings. The number of anilines is 3. The predicted molar refractivity (Wildman–Crippen MR) is 104 cm³/mol. The van der Waals surface area contributed by atoms with E-state index in [2.05, 4.69) is 20.6 Å². The van der Waals surface area contributed by atoms with Crippen LogP contribution in [0.5, 0.6) is 0 Å². The second-order valence-electron chi connectivity index (χ2n) is 6.66. The van der Waals surface area contributed by atoms with Crippen LogP contribution in [0.15, 0.2) is 24.5 Å². The van der Waals surface area contributed by atoms with Gasteiger partial charge in [0.2, 0.25) is 0 Å². The zero-order valence-electron chi connectivity index (χ0n) is 15.0. The number of amides is 1. The average molecular weight is 383 g/mol. The van der Waals surface area contributed by atoms with Crippen LogP contribution < -0.4 is 16.4 Å². The molecule has 1 amide bonds. The van der Waals surface area contributed by atoms with Crippen molar-refractivity contribution in [3.63, 3.8) is 0 Å². The van der Waals surface area contributed by atoms with E-state index in [9.17, 15) is 9.90 Å². The molecule has 0 saturated carbocycles. The van der Waals surface area contributed by atoms with Gasteiger partial charge in [0.1, 0.15) is 5.82 Å². The Bertz CT molecular complexity index is 1120. The van der Waals surface area contributed by atoms with Crippen molar-refractivity contribution < 1.29 is 19.4 Å². The van der Waals surface area contributed by atoms with E-state index in [-0.39, 0.29) is 17.1 Å². The zero-order chi connectivity index (χ0) is 20.0. The molecule has 0 bridgehead atoms. The van der Waals surface area contributed by atoms with Crippen LogP contribution in [0.4, 0.5) is 26.4 Å². The Balaban J connectivity index is 1.91. The summed E-state index contributed by atoms with van der Waals surface area (Å²) in [6.07, 6.45) is 1.50. The molecule has 1 atom stereocenters. The van der Waals surface area contributed by atoms with Crippen molar-refractivity contribution >= 4 is 34.1 Å². The van der Waals surface area contributed by atoms with Gasteiger partial charge in [-0.1, -0.05) is 0 Å². The maximum atomic E-state index is 15.1. The molecule has 1 unspecified atom stereocenters. The van der Waals surface area contributed by atoms with Crippen LogP contribution >= 0.6 is 0 Å². The number of aromatic nitrogens is 2. The Morgan fingerprint density at radius 2 is 2.11 bits per heavy atom. The van der Waals surface area contributed by atoms with Crippen LogP contribution in [0.2, 0.25) is 0 Å². The van der Waals surface area contributed by atoms with Gasteiger partial charge in [-0.05, 0) is 36.4 Å². The number of fused-ring (bicyclic) bond motifs is 2. The molecule has 9 heteroatoms. The summed E-state index contributed by atoms with van der Waals surface area (Å²) in [4.78, 5) is 19.1. The second-order valence-corrected chi connectivity index (χ2v) is 6.66. The van der Waals surface area contributed by atoms with Crippen molar-refractivity contribution in [1.82, 2.24) is 9.97 Å². The van der Waals surface area contributed by atoms with Crippen molar-refractivity contribution in [1.29, 1.82) is 0 Å². The lowest BCUT2D eigenvalue weighted by Crippen LogP contribution is -2.19. The maximum absolute atomic E-state index is 15.1. The fraction of sp³-hybridized carbons (Fsp3) is 0.211. The summed E-state index contributed by atoms with van der Waals surface area (Å²) in [5.74, 6) is -0.489. The molecule has 0 saturated heterocycles. The maximum Gasteiger partial charge on any atom is 0.410 e. The molecule has 144 valence electrons. The van der Waals surface area contributed by atoms with Crippen LogP contribution in [0.3, 0.4) is 0 Å². The standard InChI is InChI=1S/C19H18FN5O3/c1-8-11(6-24-18-13(26)2-3-22-17(8)18)10-4-9-5-14(25-19(27)28)23-7-12(9)16(21)15(10)20/h4-7,13,22,26H,2-3,21H2,1H3,(H,23,25)(H,27,28). The van der Waals surface area contributed by atoms with E-state index in [1.165, 1.54) is 18.5 Å². The molecule has 6 N–H and O–H groups in total. The summed E-state index contributed by atoms with van der Waals surface area (Å²) >= 11 is 0. The summed E-state index contributed by atoms with van der Waals surface area (Å²) in [7, 11) is 0. The molecule has 0 radical (unpaired) electrons. The number of carboxylic acid groups (broad SMARTS) is 1. The second kappa shape index (κ2) is 6.61. The molecule has 1 aliphatic heterocycles. The number of aliphatic hydroxyl groups excluding tert-OH is 1. The molecule has 1 aliphatic rings. The van der Waals surface area contributed by atoms with Crippen molar-refractivity contribution in [2.45, 2.75) is 19.4 Å². The van der Waals surface area contributed by atoms with Gasteiger partial charge < -0.3 is 21.3 Å². The number of hydrogen-bond acceptors (Lipinski definition) is 6. The molecule has 8 nitrogen and oxygen atoms in total. The number of benzene rings is 1. The van der Waals surface area contributed by atoms with Crippen molar-refractivity contribution in [2.75, 3.05) is 22.9 Å². The minimum absolute atomic E-state index is 0.0769. The molecule has 3 heterocycles. The van der Waals surface area contributed by atoms with Crippen LogP contribution in [-0.2, 0) is 0 Å². The Hall–Kier alpha value is -3.46. The van der Waals surface area contributed by atoms with E-state index < -0.39 is 18.0 Å². The largest absolute Gasteiger partial charge is 0.465 e. The molecule has 28 heavy (non-hydrogen) atoms. The average Bonchev–Trinajstić information content (AvgIpc) is 2.65. The van der Waals surface area contributed by atoms with E-state index in [1.807, 2.05) is 6.92 Å². The first-order valence-electron chi connectivity index (χ1n) is 8.66. The lowest BCUT2D eigenvalue weighted by Gasteiger charge is -2.25. The van der Waals surface area contributed by atoms with Gasteiger partial charge in [0.25, 0.3) is 0 Å². The Morgan fingerprint density at radius 3 is 2.86 bits per heavy atom. The van der Waals surface area contributed by atoms with Gasteiger partial charge in [0.15, 0.2) is 5.82 Å². The molecule has 2 aromatic heterocycles. The molecule has 0 fully saturated rings. The summed E-state index contributed by atoms with van der Waals surface area (Å²) < 4.78 is 15.1. The number of nitrogens with zero attached hydrogens (tertiary/aromatic N) is 2. The first-order valence-corrected chi connectivity index (χ1v) is 8.66. The summed E-state index contributed by atoms with van der Waals surface area (Å²) in [6, 6.07) is 3.08. The minimum atomic E-state index is -1.25. The number of carbonyl (C=O) groups is 1. The number of pyridine rings is 2. The van der Waals surface area contributed by atoms with E-state index in [0.29, 0.717) is 40.7 Å². The highest BCUT2D eigenvalue weighted by Crippen LogP contribution is 2.39. The smallest absolute Gasteiger partial charge is 0.410 e. The first-order chi connectivity index (χ1) is 13.4. The van der Waals surface area contributed by atoms with Gasteiger partial charge in [0.05, 0.1) is 23.2 Å². The summed E-state index contributed by atoms with van der Waals surface area (Å²) in [6.45, 7) is 2.42. The van der Waals surface area contributed by atoms with E-state index in [4.69, 9.17) is 10.8 Å². The van der Waals surface area contributed by atoms with Gasteiger partial charge in [-0.2, -0.15) is 0 Å². The van der Waals surface area contributed by atoms with Gasteiger partial charge in [-0.3, -0.25) is 10.3 Å². The predicted octanol–water partition coefficient (Wildman–Crippen LogP) is 3.27. The number of nitrogen functional groups attached to an aromatic ring is 1. The first kappa shape index (κ1) is 17.9. The Morgan fingerprint density at radius 1 is 1.32 bits per heavy atom. The van der Waals surface area contributed by atoms with E-state index >= 15 is 4.39 Å². The lowest BCUT2D eigenvalue weighted by molar-refractivity contribution is 0.163. The van der Waals surface area contributed by atoms with E-state index in [0.717, 1.165) is 5.56 Å². The van der Waals surface area contributed by atoms with E-state index in [1.54, 1.807) is 6.07 Å². The monoisotopic (exact) mass is 383 g/mol. The fourth-order valence-electron chi connectivity index (χ4n) is 3.51. The Kier molecular flexibility index (Phi) is 4.23. The van der Waals surface area contributed by atoms with Crippen LogP contribution in [0, 0.1) is 12.7 Å². The zero-order valence-corrected chi connectivity index (χ0v) is 15.0. The number of rotatable bonds is 2. The highest BCUT2D eigenvalue weighted by molar-refractivity contribution is 5.99. The fourth-order valence-corrected chi connectivity index (χ4v) is 3.51. The lowest BCUT2D eigenvalue weighted by atomic mass is 9.94. The van der Waals surface area contributed by atoms with Gasteiger partial charge in [0, 0.05) is 35.5 Å². The third kappa shape index (κ3) is 2.85. The number of nitrogens with two attached hydrogens (primary N) is 1. The molecular formula is C19H18FN5O3. The third-order valence-corrected chi connectivity index (χ3v) is 4.93. The number of aliphatic hydroxyl groups is 1. The van der Waals surface area contributed by atoms with Crippen molar-refractivity contribution in [2.24, 2.45) is 0 Å². The van der Waals surface area contributed by atoms with Gasteiger partial charge >= 0.3 is 6.09 Å². The van der Waals surface area contributed by atoms with Crippen LogP contribution in [0.25, 0.3) is 21.9 Å². The number of nitrogens with one attached hydrogen (secondary N) is 2. The molecule has 0 spiro atoms. The molecular weight excluding hydrogens is 365 g/mol. The van der Waals surface area contributed by atoms with Crippen LogP contribution in [0.1, 0.15) is 23.8 Å². The van der Waals surface area contributed by atoms with Gasteiger partial charge in [-0.15, -0.1) is 0 Å². The molecule has 0 aliphatic carbocycles. The summed E-state index contributed by atoms with van der Waals surface area (Å²) in [5, 5.41) is 25.3. The molecule has 1 aromatic carbocycles. The van der Waals surface area contributed by atoms with Crippen molar-refractivity contribution in [3.8, 4) is 11.1 Å². The van der Waals surface area contributed by atoms with Crippen LogP contribution in [-0.4, -0.2) is 32.8 Å². The van der Waals surface area contributed by atoms with Gasteiger partial charge in [-0.25, -0.2) is 14.2 Å². The summed E-state index contributed by atoms with van der Waals surface area (Å²) in [5.41, 5.74) is 8.68. The number of halogens is 1. The highest BCUT2D eigenvalue weighted by atomic mass is 19.1. The quantitative estimate of drug-likeness (QED) is 0.429. The Labute approximate surface area is 159 Å². The van der Waals surface area contributed by atoms with Crippen molar-refractivity contribution in [3.05, 3.63) is 41.6 Å². The number of hydrogen-bond donors (Lipinski definition) is 5. The highest BCUT2D eigenvalue weighted by Gasteiger charge is 2.24. The third-order valence-electron chi connectivity index (χ3n) is 4.93. The minimum Gasteiger partial charge on any atom is -0.465 e. The normalized spacial score (nSPS) is 15.8. The topological polar surface area (TPSA) is 133 Å².